The van der Waals surface area contributed by atoms with Gasteiger partial charge in [-0.05, 0) is 44.2 Å². The van der Waals surface area contributed by atoms with Crippen LogP contribution in [0.5, 0.6) is 0 Å². The summed E-state index contributed by atoms with van der Waals surface area (Å²) >= 11 is 0. The van der Waals surface area contributed by atoms with Crippen molar-refractivity contribution in [3.63, 3.8) is 0 Å². The quantitative estimate of drug-likeness (QED) is 0.673. The van der Waals surface area contributed by atoms with Crippen molar-refractivity contribution in [1.29, 1.82) is 0 Å². The summed E-state index contributed by atoms with van der Waals surface area (Å²) in [5.41, 5.74) is 0. The molecular formula is C11H25N. The van der Waals surface area contributed by atoms with Gasteiger partial charge in [-0.3, -0.25) is 0 Å². The predicted molar refractivity (Wildman–Crippen MR) is 56.4 cm³/mol. The molecule has 1 N–H and O–H groups in total. The number of hydrogen-bond donors (Lipinski definition) is 1. The first-order chi connectivity index (χ1) is 5.79. The van der Waals surface area contributed by atoms with Gasteiger partial charge in [0.05, 0.1) is 0 Å². The van der Waals surface area contributed by atoms with E-state index in [1.807, 2.05) is 13.8 Å². The van der Waals surface area contributed by atoms with Crippen LogP contribution in [0.1, 0.15) is 47.0 Å². The topological polar surface area (TPSA) is 12.0 Å². The van der Waals surface area contributed by atoms with Crippen molar-refractivity contribution in [3.05, 3.63) is 0 Å². The number of piperidine rings is 1. The van der Waals surface area contributed by atoms with Gasteiger partial charge in [0.15, 0.2) is 0 Å². The molecule has 0 unspecified atom stereocenters. The minimum Gasteiger partial charge on any atom is -0.316 e. The van der Waals surface area contributed by atoms with Crippen LogP contribution in [-0.2, 0) is 0 Å². The van der Waals surface area contributed by atoms with Crippen molar-refractivity contribution < 1.29 is 0 Å². The van der Waals surface area contributed by atoms with Gasteiger partial charge < -0.3 is 5.32 Å². The van der Waals surface area contributed by atoms with Crippen LogP contribution < -0.4 is 5.32 Å². The normalized spacial score (nSPS) is 23.2. The molecule has 0 aromatic rings. The Kier molecular flexibility index (Phi) is 7.58. The third kappa shape index (κ3) is 5.59. The van der Waals surface area contributed by atoms with E-state index in [4.69, 9.17) is 0 Å². The third-order valence-corrected chi connectivity index (χ3v) is 2.20. The van der Waals surface area contributed by atoms with E-state index in [-0.39, 0.29) is 0 Å². The fourth-order valence-corrected chi connectivity index (χ4v) is 1.79. The second-order valence-corrected chi connectivity index (χ2v) is 3.84. The summed E-state index contributed by atoms with van der Waals surface area (Å²) in [4.78, 5) is 0. The predicted octanol–water partition coefficient (Wildman–Crippen LogP) is 3.06. The van der Waals surface area contributed by atoms with Crippen LogP contribution in [0.25, 0.3) is 0 Å². The van der Waals surface area contributed by atoms with E-state index in [0.29, 0.717) is 0 Å². The Bertz CT molecular complexity index is 83.0. The summed E-state index contributed by atoms with van der Waals surface area (Å²) in [7, 11) is 0. The van der Waals surface area contributed by atoms with Crippen molar-refractivity contribution in [1.82, 2.24) is 5.32 Å². The molecule has 0 spiro atoms. The van der Waals surface area contributed by atoms with Gasteiger partial charge in [0.1, 0.15) is 0 Å². The van der Waals surface area contributed by atoms with E-state index in [9.17, 15) is 0 Å². The Labute approximate surface area is 77.9 Å². The molecular weight excluding hydrogens is 146 g/mol. The molecule has 0 amide bonds. The van der Waals surface area contributed by atoms with Crippen LogP contribution in [0.3, 0.4) is 0 Å². The van der Waals surface area contributed by atoms with Crippen LogP contribution in [0.4, 0.5) is 0 Å². The van der Waals surface area contributed by atoms with Crippen LogP contribution in [-0.4, -0.2) is 13.1 Å². The highest BCUT2D eigenvalue weighted by atomic mass is 14.9. The Morgan fingerprint density at radius 3 is 2.42 bits per heavy atom. The smallest absolute Gasteiger partial charge is 0.00204 e. The highest BCUT2D eigenvalue weighted by molar-refractivity contribution is 4.69. The minimum atomic E-state index is 0.880. The Morgan fingerprint density at radius 1 is 1.33 bits per heavy atom. The fourth-order valence-electron chi connectivity index (χ4n) is 1.79. The minimum absolute atomic E-state index is 0.880. The van der Waals surface area contributed by atoms with Crippen LogP contribution in [0, 0.1) is 11.8 Å². The van der Waals surface area contributed by atoms with Gasteiger partial charge in [0, 0.05) is 0 Å². The molecule has 1 saturated heterocycles. The summed E-state index contributed by atoms with van der Waals surface area (Å²) in [6.45, 7) is 11.1. The van der Waals surface area contributed by atoms with Gasteiger partial charge in [-0.2, -0.15) is 0 Å². The molecule has 0 aromatic carbocycles. The standard InChI is InChI=1S/C9H19N.C2H6/c1-8(2)6-9-4-3-5-10-7-9;1-2/h8-10H,3-7H2,1-2H3;1-2H3/t9-;/m0./s1. The SMILES string of the molecule is CC.CC(C)C[C@@H]1CCCNC1. The zero-order valence-corrected chi connectivity index (χ0v) is 9.19. The van der Waals surface area contributed by atoms with E-state index >= 15 is 0 Å². The van der Waals surface area contributed by atoms with E-state index in [1.165, 1.54) is 32.4 Å². The van der Waals surface area contributed by atoms with E-state index < -0.39 is 0 Å². The highest BCUT2D eigenvalue weighted by Crippen LogP contribution is 2.18. The zero-order valence-electron chi connectivity index (χ0n) is 9.19. The number of hydrogen-bond acceptors (Lipinski definition) is 1. The average molecular weight is 171 g/mol. The van der Waals surface area contributed by atoms with Crippen molar-refractivity contribution >= 4 is 0 Å². The molecule has 0 saturated carbocycles. The van der Waals surface area contributed by atoms with Crippen LogP contribution >= 0.6 is 0 Å². The molecule has 74 valence electrons. The molecule has 0 aromatic heterocycles. The first-order valence-electron chi connectivity index (χ1n) is 5.49. The molecule has 1 heteroatoms. The van der Waals surface area contributed by atoms with Crippen molar-refractivity contribution in [2.45, 2.75) is 47.0 Å². The Hall–Kier alpha value is -0.0400. The van der Waals surface area contributed by atoms with Gasteiger partial charge in [-0.15, -0.1) is 0 Å². The fraction of sp³-hybridized carbons (Fsp3) is 1.00. The van der Waals surface area contributed by atoms with E-state index in [1.54, 1.807) is 0 Å². The first-order valence-corrected chi connectivity index (χ1v) is 5.49. The van der Waals surface area contributed by atoms with Gasteiger partial charge in [0.25, 0.3) is 0 Å². The summed E-state index contributed by atoms with van der Waals surface area (Å²) < 4.78 is 0. The largest absolute Gasteiger partial charge is 0.316 e. The molecule has 1 rings (SSSR count). The number of nitrogens with one attached hydrogen (secondary N) is 1. The van der Waals surface area contributed by atoms with Gasteiger partial charge >= 0.3 is 0 Å². The molecule has 12 heavy (non-hydrogen) atoms. The lowest BCUT2D eigenvalue weighted by atomic mass is 9.91. The number of rotatable bonds is 2. The summed E-state index contributed by atoms with van der Waals surface area (Å²) in [6, 6.07) is 0. The molecule has 0 aliphatic carbocycles. The van der Waals surface area contributed by atoms with Gasteiger partial charge in [0.2, 0.25) is 0 Å². The molecule has 1 fully saturated rings. The molecule has 1 heterocycles. The van der Waals surface area contributed by atoms with Crippen LogP contribution in [0.2, 0.25) is 0 Å². The molecule has 1 nitrogen and oxygen atoms in total. The second kappa shape index (κ2) is 7.60. The Balaban J connectivity index is 0.000000561. The maximum Gasteiger partial charge on any atom is -0.00204 e. The van der Waals surface area contributed by atoms with Gasteiger partial charge in [-0.1, -0.05) is 27.7 Å². The van der Waals surface area contributed by atoms with E-state index in [2.05, 4.69) is 19.2 Å². The lowest BCUT2D eigenvalue weighted by Gasteiger charge is -2.23. The average Bonchev–Trinajstić information content (AvgIpc) is 2.08. The third-order valence-electron chi connectivity index (χ3n) is 2.20. The summed E-state index contributed by atoms with van der Waals surface area (Å²) in [5, 5.41) is 3.44. The molecule has 0 radical (unpaired) electrons. The summed E-state index contributed by atoms with van der Waals surface area (Å²) in [5.74, 6) is 1.85. The zero-order chi connectivity index (χ0) is 9.40. The monoisotopic (exact) mass is 171 g/mol. The van der Waals surface area contributed by atoms with Gasteiger partial charge in [-0.25, -0.2) is 0 Å². The Morgan fingerprint density at radius 2 is 2.00 bits per heavy atom. The maximum atomic E-state index is 3.44. The van der Waals surface area contributed by atoms with Crippen LogP contribution in [0.15, 0.2) is 0 Å². The van der Waals surface area contributed by atoms with Crippen molar-refractivity contribution in [3.8, 4) is 0 Å². The van der Waals surface area contributed by atoms with Crippen molar-refractivity contribution in [2.24, 2.45) is 11.8 Å². The molecule has 1 aliphatic heterocycles. The van der Waals surface area contributed by atoms with E-state index in [0.717, 1.165) is 11.8 Å². The lowest BCUT2D eigenvalue weighted by Crippen LogP contribution is -2.30. The first kappa shape index (κ1) is 12.0. The molecule has 1 aliphatic rings. The highest BCUT2D eigenvalue weighted by Gasteiger charge is 2.13. The maximum absolute atomic E-state index is 3.44. The summed E-state index contributed by atoms with van der Waals surface area (Å²) in [6.07, 6.45) is 4.25. The molecule has 0 bridgehead atoms. The van der Waals surface area contributed by atoms with Crippen molar-refractivity contribution in [2.75, 3.05) is 13.1 Å². The molecule has 1 atom stereocenters. The second-order valence-electron chi connectivity index (χ2n) is 3.84. The lowest BCUT2D eigenvalue weighted by molar-refractivity contribution is 0.322.